The van der Waals surface area contributed by atoms with Gasteiger partial charge in [-0.05, 0) is 50.1 Å². The van der Waals surface area contributed by atoms with Gasteiger partial charge in [0.2, 0.25) is 17.8 Å². The number of hydrazone groups is 1. The second-order valence-electron chi connectivity index (χ2n) is 17.3. The summed E-state index contributed by atoms with van der Waals surface area (Å²) >= 11 is 0. The molecule has 0 spiro atoms. The number of ether oxygens (including phenoxy) is 2. The predicted octanol–water partition coefficient (Wildman–Crippen LogP) is 3.29. The van der Waals surface area contributed by atoms with Gasteiger partial charge >= 0.3 is 0 Å². The molecule has 6 heterocycles. The van der Waals surface area contributed by atoms with E-state index in [1.54, 1.807) is 30.6 Å². The van der Waals surface area contributed by atoms with Crippen LogP contribution in [0.5, 0.6) is 0 Å². The van der Waals surface area contributed by atoms with Crippen LogP contribution in [0.4, 0.5) is 11.6 Å². The maximum Gasteiger partial charge on any atom is 0.264 e. The van der Waals surface area contributed by atoms with Gasteiger partial charge in [0.05, 0.1) is 65.6 Å². The number of imide groups is 3. The molecule has 0 bridgehead atoms. The van der Waals surface area contributed by atoms with Crippen LogP contribution in [0.1, 0.15) is 70.5 Å². The summed E-state index contributed by atoms with van der Waals surface area (Å²) in [5, 5.41) is 13.3. The molecule has 1 atom stereocenters. The lowest BCUT2D eigenvalue weighted by molar-refractivity contribution is -0.136. The van der Waals surface area contributed by atoms with Crippen molar-refractivity contribution in [1.82, 2.24) is 35.4 Å². The molecule has 0 aliphatic carbocycles. The minimum atomic E-state index is -1.03. The number of aromatic amines is 1. The Hall–Kier alpha value is -7.68. The van der Waals surface area contributed by atoms with Gasteiger partial charge in [0.25, 0.3) is 23.6 Å². The number of hydrogen-bond donors (Lipinski definition) is 5. The van der Waals surface area contributed by atoms with Crippen molar-refractivity contribution in [2.45, 2.75) is 44.6 Å². The van der Waals surface area contributed by atoms with Crippen LogP contribution in [0, 0.1) is 0 Å². The number of benzene rings is 3. The molecule has 70 heavy (non-hydrogen) atoms. The first-order chi connectivity index (χ1) is 34.2. The summed E-state index contributed by atoms with van der Waals surface area (Å²) in [6.45, 7) is 6.51. The number of fused-ring (bicyclic) bond motifs is 3. The van der Waals surface area contributed by atoms with Gasteiger partial charge in [-0.25, -0.2) is 9.97 Å². The van der Waals surface area contributed by atoms with E-state index in [2.05, 4.69) is 40.8 Å². The lowest BCUT2D eigenvalue weighted by atomic mass is 9.97. The highest BCUT2D eigenvalue weighted by Gasteiger charge is 2.45. The molecular weight excluding hydrogens is 897 g/mol. The molecule has 6 amide bonds. The molecular formula is C50H54N12O8. The number of nitrogens with zero attached hydrogens (tertiary/aromatic N) is 7. The molecule has 20 heteroatoms. The number of aliphatic imine (C=N–C) groups is 1. The van der Waals surface area contributed by atoms with Crippen LogP contribution in [-0.4, -0.2) is 150 Å². The van der Waals surface area contributed by atoms with Crippen LogP contribution in [0.25, 0.3) is 33.0 Å². The molecule has 2 fully saturated rings. The van der Waals surface area contributed by atoms with E-state index in [4.69, 9.17) is 25.3 Å². The Balaban J connectivity index is 0.655. The van der Waals surface area contributed by atoms with Crippen molar-refractivity contribution in [3.8, 4) is 0 Å². The SMILES string of the molecule is N/N=C(\C=NCCCCCN1CCN(c2nc(C3=C(c4c[nH]c5ccccc45)C(=O)NC3=O)c3ccccc3n2)CC1)CCOCCOCCNc1cccc2c1C(=O)N(C1CCC(=O)NC1=O)C2=O. The van der Waals surface area contributed by atoms with Gasteiger partial charge in [-0.2, -0.15) is 5.10 Å². The molecule has 362 valence electrons. The minimum Gasteiger partial charge on any atom is -0.382 e. The number of para-hydroxylation sites is 2. The molecule has 0 saturated carbocycles. The van der Waals surface area contributed by atoms with Crippen LogP contribution in [0.15, 0.2) is 83.0 Å². The number of nitrogens with one attached hydrogen (secondary N) is 4. The Labute approximate surface area is 402 Å². The molecule has 2 aromatic heterocycles. The Kier molecular flexibility index (Phi) is 14.7. The summed E-state index contributed by atoms with van der Waals surface area (Å²) in [6.07, 6.45) is 7.09. The van der Waals surface area contributed by atoms with E-state index in [1.165, 1.54) is 0 Å². The van der Waals surface area contributed by atoms with E-state index in [0.29, 0.717) is 91.0 Å². The fraction of sp³-hybridized carbons (Fsp3) is 0.360. The molecule has 5 aromatic rings. The van der Waals surface area contributed by atoms with Crippen LogP contribution in [0.2, 0.25) is 0 Å². The lowest BCUT2D eigenvalue weighted by Gasteiger charge is -2.35. The van der Waals surface area contributed by atoms with Gasteiger partial charge in [-0.1, -0.05) is 48.9 Å². The highest BCUT2D eigenvalue weighted by molar-refractivity contribution is 6.50. The number of rotatable bonds is 21. The maximum atomic E-state index is 13.5. The smallest absolute Gasteiger partial charge is 0.264 e. The largest absolute Gasteiger partial charge is 0.382 e. The van der Waals surface area contributed by atoms with Crippen molar-refractivity contribution in [1.29, 1.82) is 0 Å². The summed E-state index contributed by atoms with van der Waals surface area (Å²) in [5.74, 6) is 3.02. The summed E-state index contributed by atoms with van der Waals surface area (Å²) in [7, 11) is 0. The van der Waals surface area contributed by atoms with Crippen molar-refractivity contribution in [2.24, 2.45) is 15.9 Å². The van der Waals surface area contributed by atoms with Crippen molar-refractivity contribution < 1.29 is 38.2 Å². The number of piperidine rings is 1. The fourth-order valence-electron chi connectivity index (χ4n) is 9.25. The number of piperazine rings is 1. The Morgan fingerprint density at radius 3 is 2.37 bits per heavy atom. The van der Waals surface area contributed by atoms with Gasteiger partial charge < -0.3 is 30.5 Å². The van der Waals surface area contributed by atoms with Crippen molar-refractivity contribution in [2.75, 3.05) is 82.5 Å². The Morgan fingerprint density at radius 2 is 1.56 bits per heavy atom. The molecule has 3 aromatic carbocycles. The molecule has 6 N–H and O–H groups in total. The average Bonchev–Trinajstić information content (AvgIpc) is 4.01. The Morgan fingerprint density at radius 1 is 0.786 bits per heavy atom. The van der Waals surface area contributed by atoms with E-state index in [0.717, 1.165) is 67.8 Å². The second kappa shape index (κ2) is 21.7. The highest BCUT2D eigenvalue weighted by Crippen LogP contribution is 2.37. The standard InChI is InChI=1S/C50H54N12O8/c51-59-31(17-25-69-27-28-70-26-19-53-38-14-8-11-34-41(38)49(68)62(48(34)67)39-15-16-40(63)56-45(39)64)29-52-18-6-1-7-20-60-21-23-61(24-22-60)50-55-37-13-5-3-10-33(37)44(57-50)43-42(46(65)58-47(43)66)35-30-54-36-12-4-2-9-32(35)36/h2-5,8-14,29-30,39,53-54H,1,6-7,15-28,51H2,(H,56,63,64)(H,58,65,66)/b52-29?,59-31-. The Bertz CT molecular complexity index is 2940. The number of carbonyl (C=O) groups is 6. The second-order valence-corrected chi connectivity index (χ2v) is 17.3. The van der Waals surface area contributed by atoms with E-state index in [-0.39, 0.29) is 29.5 Å². The van der Waals surface area contributed by atoms with Gasteiger partial charge in [-0.3, -0.25) is 54.2 Å². The molecule has 20 nitrogen and oxygen atoms in total. The molecule has 1 unspecified atom stereocenters. The summed E-state index contributed by atoms with van der Waals surface area (Å²) in [4.78, 5) is 100. The number of aromatic nitrogens is 3. The van der Waals surface area contributed by atoms with E-state index in [1.807, 2.05) is 48.5 Å². The zero-order valence-electron chi connectivity index (χ0n) is 38.6. The number of H-pyrrole nitrogens is 1. The first-order valence-corrected chi connectivity index (χ1v) is 23.6. The van der Waals surface area contributed by atoms with E-state index >= 15 is 0 Å². The predicted molar refractivity (Wildman–Crippen MR) is 263 cm³/mol. The highest BCUT2D eigenvalue weighted by atomic mass is 16.5. The van der Waals surface area contributed by atoms with E-state index in [9.17, 15) is 28.8 Å². The fourth-order valence-corrected chi connectivity index (χ4v) is 9.25. The number of carbonyl (C=O) groups excluding carboxylic acids is 6. The molecule has 9 rings (SSSR count). The summed E-state index contributed by atoms with van der Waals surface area (Å²) in [5.41, 5.74) is 4.72. The number of hydrogen-bond acceptors (Lipinski definition) is 16. The molecule has 2 saturated heterocycles. The van der Waals surface area contributed by atoms with Crippen molar-refractivity contribution in [3.05, 3.63) is 95.3 Å². The first-order valence-electron chi connectivity index (χ1n) is 23.6. The number of nitrogens with two attached hydrogens (primary N) is 1. The monoisotopic (exact) mass is 950 g/mol. The van der Waals surface area contributed by atoms with Gasteiger partial charge in [0.15, 0.2) is 0 Å². The van der Waals surface area contributed by atoms with Crippen molar-refractivity contribution >= 4 is 92.0 Å². The normalized spacial score (nSPS) is 18.0. The van der Waals surface area contributed by atoms with Gasteiger partial charge in [-0.15, -0.1) is 0 Å². The zero-order valence-corrected chi connectivity index (χ0v) is 38.6. The third-order valence-electron chi connectivity index (χ3n) is 12.8. The molecule has 0 radical (unpaired) electrons. The minimum absolute atomic E-state index is 0.0543. The third kappa shape index (κ3) is 10.2. The summed E-state index contributed by atoms with van der Waals surface area (Å²) < 4.78 is 11.4. The van der Waals surface area contributed by atoms with Crippen LogP contribution >= 0.6 is 0 Å². The summed E-state index contributed by atoms with van der Waals surface area (Å²) in [6, 6.07) is 19.2. The number of anilines is 2. The number of amides is 6. The number of unbranched alkanes of at least 4 members (excludes halogenated alkanes) is 2. The lowest BCUT2D eigenvalue weighted by Crippen LogP contribution is -2.54. The average molecular weight is 951 g/mol. The molecule has 4 aliphatic rings. The van der Waals surface area contributed by atoms with Crippen LogP contribution in [-0.2, 0) is 28.7 Å². The van der Waals surface area contributed by atoms with Crippen LogP contribution in [0.3, 0.4) is 0 Å². The van der Waals surface area contributed by atoms with E-state index < -0.39 is 41.5 Å². The zero-order chi connectivity index (χ0) is 48.6. The van der Waals surface area contributed by atoms with Gasteiger partial charge in [0, 0.05) is 92.1 Å². The van der Waals surface area contributed by atoms with Crippen molar-refractivity contribution in [3.63, 3.8) is 0 Å². The quantitative estimate of drug-likeness (QED) is 0.0233. The van der Waals surface area contributed by atoms with Gasteiger partial charge in [0.1, 0.15) is 6.04 Å². The third-order valence-corrected chi connectivity index (χ3v) is 12.8. The molecule has 4 aliphatic heterocycles. The van der Waals surface area contributed by atoms with Crippen LogP contribution < -0.4 is 26.7 Å². The topological polar surface area (TPSA) is 259 Å². The first kappa shape index (κ1) is 47.4. The maximum absolute atomic E-state index is 13.5.